The lowest BCUT2D eigenvalue weighted by atomic mass is 10.3. The summed E-state index contributed by atoms with van der Waals surface area (Å²) >= 11 is 0. The third-order valence-corrected chi connectivity index (χ3v) is 2.65. The molecule has 1 atom stereocenters. The van der Waals surface area contributed by atoms with Crippen molar-refractivity contribution < 1.29 is 4.79 Å². The van der Waals surface area contributed by atoms with Crippen LogP contribution in [-0.4, -0.2) is 17.0 Å². The van der Waals surface area contributed by atoms with Crippen LogP contribution in [-0.2, 0) is 11.2 Å². The summed E-state index contributed by atoms with van der Waals surface area (Å²) in [6, 6.07) is 4.11. The van der Waals surface area contributed by atoms with Gasteiger partial charge in [-0.25, -0.2) is 0 Å². The van der Waals surface area contributed by atoms with E-state index in [9.17, 15) is 4.79 Å². The Morgan fingerprint density at radius 3 is 3.08 bits per heavy atom. The lowest BCUT2D eigenvalue weighted by Crippen LogP contribution is -2.29. The van der Waals surface area contributed by atoms with Crippen molar-refractivity contribution in [3.63, 3.8) is 0 Å². The van der Waals surface area contributed by atoms with E-state index in [-0.39, 0.29) is 11.9 Å². The van der Waals surface area contributed by atoms with Crippen molar-refractivity contribution in [2.45, 2.75) is 26.3 Å². The molecular formula is C10H14N2O. The molecule has 2 rings (SSSR count). The highest BCUT2D eigenvalue weighted by Crippen LogP contribution is 2.18. The van der Waals surface area contributed by atoms with Gasteiger partial charge in [0.2, 0.25) is 5.91 Å². The van der Waals surface area contributed by atoms with Gasteiger partial charge in [0, 0.05) is 24.4 Å². The summed E-state index contributed by atoms with van der Waals surface area (Å²) in [7, 11) is 0. The van der Waals surface area contributed by atoms with Gasteiger partial charge in [0.1, 0.15) is 6.04 Å². The van der Waals surface area contributed by atoms with Crippen LogP contribution < -0.4 is 5.32 Å². The van der Waals surface area contributed by atoms with Gasteiger partial charge in [-0.2, -0.15) is 0 Å². The zero-order chi connectivity index (χ0) is 9.42. The standard InChI is InChI=1S/C10H14N2O/c1-7-3-4-9-5-6-11-10(13)8(2)12(7)9/h3-4,8H,5-6H2,1-2H3,(H,11,13)/t8-/m1/s1. The number of rotatable bonds is 0. The van der Waals surface area contributed by atoms with E-state index in [2.05, 4.69) is 22.0 Å². The Hall–Kier alpha value is -1.25. The lowest BCUT2D eigenvalue weighted by molar-refractivity contribution is -0.123. The molecule has 3 heteroatoms. The second kappa shape index (κ2) is 2.91. The number of nitrogens with one attached hydrogen (secondary N) is 1. The molecule has 1 aromatic rings. The van der Waals surface area contributed by atoms with Gasteiger partial charge < -0.3 is 9.88 Å². The minimum Gasteiger partial charge on any atom is -0.354 e. The molecule has 1 amide bonds. The maximum atomic E-state index is 11.5. The topological polar surface area (TPSA) is 34.0 Å². The van der Waals surface area contributed by atoms with Crippen LogP contribution in [0.15, 0.2) is 12.1 Å². The van der Waals surface area contributed by atoms with Gasteiger partial charge in [0.25, 0.3) is 0 Å². The Morgan fingerprint density at radius 2 is 2.31 bits per heavy atom. The number of hydrogen-bond acceptors (Lipinski definition) is 1. The average Bonchev–Trinajstić information content (AvgIpc) is 2.39. The van der Waals surface area contributed by atoms with Crippen LogP contribution in [0.2, 0.25) is 0 Å². The molecular weight excluding hydrogens is 164 g/mol. The summed E-state index contributed by atoms with van der Waals surface area (Å²) in [6.45, 7) is 4.74. The second-order valence-electron chi connectivity index (χ2n) is 3.55. The minimum atomic E-state index is -0.0625. The molecule has 0 saturated heterocycles. The molecule has 0 spiro atoms. The van der Waals surface area contributed by atoms with E-state index in [1.54, 1.807) is 0 Å². The number of hydrogen-bond donors (Lipinski definition) is 1. The second-order valence-corrected chi connectivity index (χ2v) is 3.55. The van der Waals surface area contributed by atoms with Crippen LogP contribution >= 0.6 is 0 Å². The van der Waals surface area contributed by atoms with Crippen molar-refractivity contribution in [1.29, 1.82) is 0 Å². The largest absolute Gasteiger partial charge is 0.354 e. The first-order valence-electron chi connectivity index (χ1n) is 4.64. The highest BCUT2D eigenvalue weighted by atomic mass is 16.2. The van der Waals surface area contributed by atoms with Crippen LogP contribution in [0.25, 0.3) is 0 Å². The molecule has 70 valence electrons. The van der Waals surface area contributed by atoms with Crippen LogP contribution in [0.1, 0.15) is 24.4 Å². The molecule has 1 N–H and O–H groups in total. The molecule has 0 aliphatic carbocycles. The zero-order valence-electron chi connectivity index (χ0n) is 8.00. The van der Waals surface area contributed by atoms with Gasteiger partial charge in [0.15, 0.2) is 0 Å². The van der Waals surface area contributed by atoms with Crippen LogP contribution in [0.3, 0.4) is 0 Å². The van der Waals surface area contributed by atoms with Gasteiger partial charge in [-0.1, -0.05) is 0 Å². The van der Waals surface area contributed by atoms with Crippen molar-refractivity contribution in [2.75, 3.05) is 6.54 Å². The fraction of sp³-hybridized carbons (Fsp3) is 0.500. The molecule has 1 aliphatic rings. The molecule has 3 nitrogen and oxygen atoms in total. The summed E-state index contributed by atoms with van der Waals surface area (Å²) < 4.78 is 2.11. The van der Waals surface area contributed by atoms with Crippen LogP contribution in [0, 0.1) is 6.92 Å². The predicted molar refractivity (Wildman–Crippen MR) is 50.6 cm³/mol. The van der Waals surface area contributed by atoms with Crippen LogP contribution in [0.5, 0.6) is 0 Å². The number of nitrogens with zero attached hydrogens (tertiary/aromatic N) is 1. The summed E-state index contributed by atoms with van der Waals surface area (Å²) in [6.07, 6.45) is 0.934. The predicted octanol–water partition coefficient (Wildman–Crippen LogP) is 1.03. The summed E-state index contributed by atoms with van der Waals surface area (Å²) in [5, 5.41) is 2.89. The molecule has 0 bridgehead atoms. The fourth-order valence-electron chi connectivity index (χ4n) is 1.94. The normalized spacial score (nSPS) is 22.0. The molecule has 0 radical (unpaired) electrons. The first-order valence-corrected chi connectivity index (χ1v) is 4.64. The quantitative estimate of drug-likeness (QED) is 0.632. The van der Waals surface area contributed by atoms with Crippen LogP contribution in [0.4, 0.5) is 0 Å². The zero-order valence-corrected chi connectivity index (χ0v) is 8.00. The Labute approximate surface area is 77.7 Å². The van der Waals surface area contributed by atoms with E-state index in [4.69, 9.17) is 0 Å². The highest BCUT2D eigenvalue weighted by molar-refractivity contribution is 5.80. The van der Waals surface area contributed by atoms with Gasteiger partial charge in [-0.15, -0.1) is 0 Å². The lowest BCUT2D eigenvalue weighted by Gasteiger charge is -2.14. The fourth-order valence-corrected chi connectivity index (χ4v) is 1.94. The maximum Gasteiger partial charge on any atom is 0.242 e. The third kappa shape index (κ3) is 1.24. The van der Waals surface area contributed by atoms with Gasteiger partial charge in [-0.05, 0) is 26.0 Å². The van der Waals surface area contributed by atoms with E-state index in [0.29, 0.717) is 0 Å². The maximum absolute atomic E-state index is 11.5. The molecule has 1 aromatic heterocycles. The van der Waals surface area contributed by atoms with E-state index >= 15 is 0 Å². The van der Waals surface area contributed by atoms with Crippen molar-refractivity contribution in [3.05, 3.63) is 23.5 Å². The van der Waals surface area contributed by atoms with Crippen molar-refractivity contribution in [2.24, 2.45) is 0 Å². The van der Waals surface area contributed by atoms with E-state index in [1.807, 2.05) is 13.8 Å². The smallest absolute Gasteiger partial charge is 0.242 e. The van der Waals surface area contributed by atoms with Gasteiger partial charge in [-0.3, -0.25) is 4.79 Å². The van der Waals surface area contributed by atoms with Crippen molar-refractivity contribution in [1.82, 2.24) is 9.88 Å². The number of aromatic nitrogens is 1. The summed E-state index contributed by atoms with van der Waals surface area (Å²) in [5.74, 6) is 0.123. The molecule has 1 aliphatic heterocycles. The number of carbonyl (C=O) groups is 1. The van der Waals surface area contributed by atoms with E-state index < -0.39 is 0 Å². The Bertz CT molecular complexity index is 341. The molecule has 0 fully saturated rings. The first kappa shape index (κ1) is 8.35. The highest BCUT2D eigenvalue weighted by Gasteiger charge is 2.21. The molecule has 0 aromatic carbocycles. The number of amides is 1. The van der Waals surface area contributed by atoms with Gasteiger partial charge in [0.05, 0.1) is 0 Å². The number of carbonyl (C=O) groups excluding carboxylic acids is 1. The van der Waals surface area contributed by atoms with Gasteiger partial charge >= 0.3 is 0 Å². The first-order chi connectivity index (χ1) is 6.20. The monoisotopic (exact) mass is 178 g/mol. The summed E-state index contributed by atoms with van der Waals surface area (Å²) in [5.41, 5.74) is 2.42. The number of aryl methyl sites for hydroxylation is 1. The Morgan fingerprint density at radius 1 is 1.54 bits per heavy atom. The SMILES string of the molecule is Cc1ccc2n1[C@H](C)C(=O)NCC2. The molecule has 13 heavy (non-hydrogen) atoms. The third-order valence-electron chi connectivity index (χ3n) is 2.65. The minimum absolute atomic E-state index is 0.0625. The van der Waals surface area contributed by atoms with E-state index in [0.717, 1.165) is 13.0 Å². The number of fused-ring (bicyclic) bond motifs is 1. The molecule has 2 heterocycles. The Balaban J connectivity index is 2.49. The average molecular weight is 178 g/mol. The summed E-state index contributed by atoms with van der Waals surface area (Å²) in [4.78, 5) is 11.5. The molecule has 0 unspecified atom stereocenters. The molecule has 0 saturated carbocycles. The Kier molecular flexibility index (Phi) is 1.87. The van der Waals surface area contributed by atoms with E-state index in [1.165, 1.54) is 11.4 Å². The van der Waals surface area contributed by atoms with Crippen molar-refractivity contribution in [3.8, 4) is 0 Å². The van der Waals surface area contributed by atoms with Crippen molar-refractivity contribution >= 4 is 5.91 Å².